The van der Waals surface area contributed by atoms with Crippen molar-refractivity contribution in [3.8, 4) is 11.1 Å². The van der Waals surface area contributed by atoms with Crippen LogP contribution in [0.15, 0.2) is 48.5 Å². The van der Waals surface area contributed by atoms with Crippen molar-refractivity contribution in [3.05, 3.63) is 59.7 Å². The van der Waals surface area contributed by atoms with Gasteiger partial charge in [0.2, 0.25) is 11.8 Å². The average Bonchev–Trinajstić information content (AvgIpc) is 3.07. The third-order valence-electron chi connectivity index (χ3n) is 5.79. The molecule has 0 aliphatic carbocycles. The minimum Gasteiger partial charge on any atom is -0.369 e. The van der Waals surface area contributed by atoms with Crippen LogP contribution in [0.2, 0.25) is 0 Å². The predicted octanol–water partition coefficient (Wildman–Crippen LogP) is 4.34. The summed E-state index contributed by atoms with van der Waals surface area (Å²) in [6.07, 6.45) is 1.63. The Morgan fingerprint density at radius 1 is 1.10 bits per heavy atom. The molecule has 0 saturated carbocycles. The summed E-state index contributed by atoms with van der Waals surface area (Å²) in [5, 5.41) is 0. The van der Waals surface area contributed by atoms with Crippen molar-refractivity contribution in [2.24, 2.45) is 16.6 Å². The zero-order chi connectivity index (χ0) is 21.2. The van der Waals surface area contributed by atoms with Crippen LogP contribution in [0.4, 0.5) is 0 Å². The molecule has 2 aromatic carbocycles. The van der Waals surface area contributed by atoms with Crippen LogP contribution >= 0.6 is 0 Å². The van der Waals surface area contributed by atoms with Crippen LogP contribution in [0, 0.1) is 17.8 Å². The van der Waals surface area contributed by atoms with E-state index in [4.69, 9.17) is 5.73 Å². The van der Waals surface area contributed by atoms with E-state index in [0.29, 0.717) is 32.4 Å². The number of aryl methyl sites for hydroxylation is 1. The van der Waals surface area contributed by atoms with Gasteiger partial charge in [-0.1, -0.05) is 74.9 Å². The van der Waals surface area contributed by atoms with Crippen molar-refractivity contribution in [3.63, 3.8) is 0 Å². The molecule has 4 nitrogen and oxygen atoms in total. The molecule has 1 saturated heterocycles. The van der Waals surface area contributed by atoms with E-state index in [0.717, 1.165) is 16.7 Å². The van der Waals surface area contributed by atoms with Gasteiger partial charge in [-0.05, 0) is 41.9 Å². The van der Waals surface area contributed by atoms with E-state index in [-0.39, 0.29) is 17.2 Å². The number of primary amides is 1. The van der Waals surface area contributed by atoms with E-state index < -0.39 is 5.41 Å². The molecule has 3 rings (SSSR count). The fourth-order valence-electron chi connectivity index (χ4n) is 4.22. The van der Waals surface area contributed by atoms with Gasteiger partial charge in [0.25, 0.3) is 0 Å². The lowest BCUT2D eigenvalue weighted by Crippen LogP contribution is -2.43. The highest BCUT2D eigenvalue weighted by Crippen LogP contribution is 2.38. The van der Waals surface area contributed by atoms with Gasteiger partial charge in [-0.2, -0.15) is 0 Å². The van der Waals surface area contributed by atoms with Crippen LogP contribution in [-0.2, 0) is 16.0 Å². The number of amides is 2. The molecule has 29 heavy (non-hydrogen) atoms. The van der Waals surface area contributed by atoms with Gasteiger partial charge in [-0.25, -0.2) is 0 Å². The maximum atomic E-state index is 12.7. The lowest BCUT2D eigenvalue weighted by Gasteiger charge is -2.28. The SMILES string of the molecule is Cc1cccc(-c2ccccc2C[C@]2(C(N)=O)CCN(C(=O)CC(C)(C)C)C2)c1. The molecule has 2 amide bonds. The number of carbonyl (C=O) groups excluding carboxylic acids is 2. The van der Waals surface area contributed by atoms with E-state index in [9.17, 15) is 9.59 Å². The van der Waals surface area contributed by atoms with Gasteiger partial charge in [0.15, 0.2) is 0 Å². The van der Waals surface area contributed by atoms with E-state index in [1.54, 1.807) is 0 Å². The monoisotopic (exact) mass is 392 g/mol. The molecule has 0 spiro atoms. The number of rotatable bonds is 5. The summed E-state index contributed by atoms with van der Waals surface area (Å²) in [6.45, 7) is 9.23. The fourth-order valence-corrected chi connectivity index (χ4v) is 4.22. The zero-order valence-electron chi connectivity index (χ0n) is 18.0. The topological polar surface area (TPSA) is 63.4 Å². The number of nitrogens with two attached hydrogens (primary N) is 1. The molecule has 4 heteroatoms. The summed E-state index contributed by atoms with van der Waals surface area (Å²) < 4.78 is 0. The Hall–Kier alpha value is -2.62. The van der Waals surface area contributed by atoms with Crippen molar-refractivity contribution in [1.29, 1.82) is 0 Å². The smallest absolute Gasteiger partial charge is 0.225 e. The van der Waals surface area contributed by atoms with Crippen molar-refractivity contribution < 1.29 is 9.59 Å². The van der Waals surface area contributed by atoms with Crippen LogP contribution < -0.4 is 5.73 Å². The lowest BCUT2D eigenvalue weighted by atomic mass is 9.78. The summed E-state index contributed by atoms with van der Waals surface area (Å²) in [7, 11) is 0. The second-order valence-electron chi connectivity index (χ2n) is 9.65. The van der Waals surface area contributed by atoms with E-state index in [2.05, 4.69) is 58.0 Å². The first-order valence-electron chi connectivity index (χ1n) is 10.3. The molecule has 1 heterocycles. The van der Waals surface area contributed by atoms with Crippen LogP contribution in [-0.4, -0.2) is 29.8 Å². The molecule has 0 unspecified atom stereocenters. The summed E-state index contributed by atoms with van der Waals surface area (Å²) in [6, 6.07) is 16.6. The lowest BCUT2D eigenvalue weighted by molar-refractivity contribution is -0.133. The highest BCUT2D eigenvalue weighted by atomic mass is 16.2. The number of likely N-dealkylation sites (tertiary alicyclic amines) is 1. The molecular formula is C25H32N2O2. The van der Waals surface area contributed by atoms with Gasteiger partial charge < -0.3 is 10.6 Å². The zero-order valence-corrected chi connectivity index (χ0v) is 18.0. The van der Waals surface area contributed by atoms with Crippen molar-refractivity contribution in [1.82, 2.24) is 4.90 Å². The summed E-state index contributed by atoms with van der Waals surface area (Å²) in [5.74, 6) is -0.213. The molecule has 1 atom stereocenters. The number of hydrogen-bond donors (Lipinski definition) is 1. The molecule has 0 bridgehead atoms. The van der Waals surface area contributed by atoms with Gasteiger partial charge in [0.1, 0.15) is 0 Å². The summed E-state index contributed by atoms with van der Waals surface area (Å²) >= 11 is 0. The van der Waals surface area contributed by atoms with Gasteiger partial charge >= 0.3 is 0 Å². The number of hydrogen-bond acceptors (Lipinski definition) is 2. The van der Waals surface area contributed by atoms with Crippen molar-refractivity contribution in [2.45, 2.75) is 47.0 Å². The largest absolute Gasteiger partial charge is 0.369 e. The molecule has 0 radical (unpaired) electrons. The number of benzene rings is 2. The first kappa shape index (κ1) is 21.1. The first-order valence-corrected chi connectivity index (χ1v) is 10.3. The number of nitrogens with zero attached hydrogens (tertiary/aromatic N) is 1. The molecule has 1 aliphatic rings. The average molecular weight is 393 g/mol. The first-order chi connectivity index (χ1) is 13.6. The van der Waals surface area contributed by atoms with Gasteiger partial charge in [-0.3, -0.25) is 9.59 Å². The van der Waals surface area contributed by atoms with Crippen molar-refractivity contribution >= 4 is 11.8 Å². The maximum absolute atomic E-state index is 12.7. The quantitative estimate of drug-likeness (QED) is 0.822. The van der Waals surface area contributed by atoms with Gasteiger partial charge in [-0.15, -0.1) is 0 Å². The van der Waals surface area contributed by atoms with Crippen LogP contribution in [0.25, 0.3) is 11.1 Å². The Bertz CT molecular complexity index is 913. The second kappa shape index (κ2) is 8.02. The van der Waals surface area contributed by atoms with Gasteiger partial charge in [0.05, 0.1) is 5.41 Å². The third-order valence-corrected chi connectivity index (χ3v) is 5.79. The fraction of sp³-hybridized carbons (Fsp3) is 0.440. The minimum absolute atomic E-state index is 0.0766. The summed E-state index contributed by atoms with van der Waals surface area (Å²) in [4.78, 5) is 27.1. The van der Waals surface area contributed by atoms with E-state index in [1.807, 2.05) is 23.1 Å². The van der Waals surface area contributed by atoms with Crippen LogP contribution in [0.5, 0.6) is 0 Å². The normalized spacial score (nSPS) is 19.4. The molecule has 2 aromatic rings. The Morgan fingerprint density at radius 3 is 2.48 bits per heavy atom. The molecule has 0 aromatic heterocycles. The second-order valence-corrected chi connectivity index (χ2v) is 9.65. The van der Waals surface area contributed by atoms with Gasteiger partial charge in [0, 0.05) is 19.5 Å². The Kier molecular flexibility index (Phi) is 5.83. The molecule has 1 aliphatic heterocycles. The number of carbonyl (C=O) groups is 2. The Morgan fingerprint density at radius 2 is 1.83 bits per heavy atom. The standard InChI is InChI=1S/C25H32N2O2/c1-18-8-7-10-19(14-18)21-11-6-5-9-20(21)15-25(23(26)29)12-13-27(17-25)22(28)16-24(2,3)4/h5-11,14H,12-13,15-17H2,1-4H3,(H2,26,29)/t25-/m1/s1. The summed E-state index contributed by atoms with van der Waals surface area (Å²) in [5.41, 5.74) is 9.67. The molecule has 1 fully saturated rings. The molecule has 154 valence electrons. The van der Waals surface area contributed by atoms with E-state index in [1.165, 1.54) is 5.56 Å². The highest BCUT2D eigenvalue weighted by Gasteiger charge is 2.45. The Balaban J connectivity index is 1.88. The molecular weight excluding hydrogens is 360 g/mol. The van der Waals surface area contributed by atoms with Crippen LogP contribution in [0.3, 0.4) is 0 Å². The van der Waals surface area contributed by atoms with Crippen molar-refractivity contribution in [2.75, 3.05) is 13.1 Å². The highest BCUT2D eigenvalue weighted by molar-refractivity contribution is 5.85. The minimum atomic E-state index is -0.715. The maximum Gasteiger partial charge on any atom is 0.225 e. The molecule has 2 N–H and O–H groups in total. The predicted molar refractivity (Wildman–Crippen MR) is 117 cm³/mol. The van der Waals surface area contributed by atoms with E-state index >= 15 is 0 Å². The third kappa shape index (κ3) is 4.87. The van der Waals surface area contributed by atoms with Crippen LogP contribution in [0.1, 0.15) is 44.7 Å². The Labute approximate surface area is 174 Å².